The molecule has 3 nitrogen and oxygen atoms in total. The maximum Gasteiger partial charge on any atom is 0.261 e. The number of amides is 1. The predicted octanol–water partition coefficient (Wildman–Crippen LogP) is 1.87. The number of carbonyl (C=O) groups is 1. The quantitative estimate of drug-likeness (QED) is 0.678. The highest BCUT2D eigenvalue weighted by Crippen LogP contribution is 2.40. The minimum atomic E-state index is -0.480. The van der Waals surface area contributed by atoms with Crippen molar-refractivity contribution in [3.63, 3.8) is 0 Å². The van der Waals surface area contributed by atoms with E-state index in [1.165, 1.54) is 12.2 Å². The normalized spacial score (nSPS) is 18.5. The van der Waals surface area contributed by atoms with Crippen molar-refractivity contribution in [2.24, 2.45) is 0 Å². The monoisotopic (exact) mass is 191 g/mol. The van der Waals surface area contributed by atoms with Crippen molar-refractivity contribution in [3.8, 4) is 0 Å². The van der Waals surface area contributed by atoms with Gasteiger partial charge in [-0.1, -0.05) is 18.2 Å². The molecule has 0 saturated heterocycles. The fourth-order valence-corrected chi connectivity index (χ4v) is 1.84. The van der Waals surface area contributed by atoms with Gasteiger partial charge in [-0.2, -0.15) is 5.06 Å². The molecule has 0 aromatic heterocycles. The predicted molar refractivity (Wildman–Crippen MR) is 54.0 cm³/mol. The zero-order valence-electron chi connectivity index (χ0n) is 8.57. The van der Waals surface area contributed by atoms with Gasteiger partial charge in [0.1, 0.15) is 0 Å². The number of anilines is 1. The van der Waals surface area contributed by atoms with Crippen LogP contribution in [0, 0.1) is 0 Å². The third-order valence-electron chi connectivity index (χ3n) is 2.70. The van der Waals surface area contributed by atoms with Gasteiger partial charge in [0.15, 0.2) is 0 Å². The summed E-state index contributed by atoms with van der Waals surface area (Å²) in [5.74, 6) is -0.0128. The molecule has 74 valence electrons. The number of carbonyl (C=O) groups excluding carboxylic acids is 1. The SMILES string of the molecule is CON1C(=O)C(C)(C)c2ccccc21. The Kier molecular flexibility index (Phi) is 1.86. The third-order valence-corrected chi connectivity index (χ3v) is 2.70. The second kappa shape index (κ2) is 2.82. The highest BCUT2D eigenvalue weighted by Gasteiger charge is 2.44. The van der Waals surface area contributed by atoms with E-state index in [0.717, 1.165) is 11.3 Å². The van der Waals surface area contributed by atoms with Crippen LogP contribution in [-0.4, -0.2) is 13.0 Å². The van der Waals surface area contributed by atoms with Gasteiger partial charge >= 0.3 is 0 Å². The molecule has 0 unspecified atom stereocenters. The average Bonchev–Trinajstić information content (AvgIpc) is 2.37. The standard InChI is InChI=1S/C11H13NO2/c1-11(2)8-6-4-5-7-9(8)12(14-3)10(11)13/h4-7H,1-3H3. The van der Waals surface area contributed by atoms with Crippen LogP contribution in [0.15, 0.2) is 24.3 Å². The van der Waals surface area contributed by atoms with Crippen LogP contribution in [0.25, 0.3) is 0 Å². The van der Waals surface area contributed by atoms with E-state index in [-0.39, 0.29) is 5.91 Å². The van der Waals surface area contributed by atoms with Crippen LogP contribution < -0.4 is 5.06 Å². The highest BCUT2D eigenvalue weighted by molar-refractivity contribution is 6.05. The first-order valence-corrected chi connectivity index (χ1v) is 4.57. The van der Waals surface area contributed by atoms with Gasteiger partial charge in [0.05, 0.1) is 18.2 Å². The van der Waals surface area contributed by atoms with Crippen molar-refractivity contribution in [2.75, 3.05) is 12.2 Å². The van der Waals surface area contributed by atoms with E-state index < -0.39 is 5.41 Å². The van der Waals surface area contributed by atoms with Crippen molar-refractivity contribution in [1.82, 2.24) is 0 Å². The molecule has 2 rings (SSSR count). The Balaban J connectivity index is 2.62. The average molecular weight is 191 g/mol. The molecule has 0 N–H and O–H groups in total. The van der Waals surface area contributed by atoms with E-state index in [2.05, 4.69) is 0 Å². The molecule has 1 aromatic carbocycles. The maximum absolute atomic E-state index is 11.9. The Labute approximate surface area is 83.2 Å². The lowest BCUT2D eigenvalue weighted by Gasteiger charge is -2.17. The van der Waals surface area contributed by atoms with E-state index in [1.807, 2.05) is 38.1 Å². The van der Waals surface area contributed by atoms with E-state index in [1.54, 1.807) is 0 Å². The molecule has 1 heterocycles. The van der Waals surface area contributed by atoms with Gasteiger partial charge < -0.3 is 0 Å². The first kappa shape index (κ1) is 9.21. The lowest BCUT2D eigenvalue weighted by Crippen LogP contribution is -2.35. The summed E-state index contributed by atoms with van der Waals surface area (Å²) in [5.41, 5.74) is 1.39. The van der Waals surface area contributed by atoms with Crippen LogP contribution in [0.2, 0.25) is 0 Å². The summed E-state index contributed by atoms with van der Waals surface area (Å²) in [7, 11) is 1.51. The number of rotatable bonds is 1. The summed E-state index contributed by atoms with van der Waals surface area (Å²) in [5, 5.41) is 1.36. The number of hydrogen-bond acceptors (Lipinski definition) is 2. The van der Waals surface area contributed by atoms with Gasteiger partial charge in [-0.3, -0.25) is 9.63 Å². The summed E-state index contributed by atoms with van der Waals surface area (Å²) < 4.78 is 0. The zero-order chi connectivity index (χ0) is 10.3. The molecule has 0 spiro atoms. The summed E-state index contributed by atoms with van der Waals surface area (Å²) in [4.78, 5) is 17.0. The second-order valence-electron chi connectivity index (χ2n) is 3.92. The number of benzene rings is 1. The Hall–Kier alpha value is -1.35. The Bertz CT molecular complexity index is 385. The smallest absolute Gasteiger partial charge is 0.261 e. The van der Waals surface area contributed by atoms with Crippen molar-refractivity contribution >= 4 is 11.6 Å². The van der Waals surface area contributed by atoms with E-state index in [4.69, 9.17) is 4.84 Å². The van der Waals surface area contributed by atoms with Crippen molar-refractivity contribution in [2.45, 2.75) is 19.3 Å². The molecule has 1 aromatic rings. The first-order valence-electron chi connectivity index (χ1n) is 4.57. The maximum atomic E-state index is 11.9. The molecule has 1 amide bonds. The van der Waals surface area contributed by atoms with Crippen LogP contribution in [-0.2, 0) is 15.0 Å². The number of hydroxylamine groups is 1. The zero-order valence-corrected chi connectivity index (χ0v) is 8.57. The lowest BCUT2D eigenvalue weighted by atomic mass is 9.86. The molecule has 3 heteroatoms. The molecular weight excluding hydrogens is 178 g/mol. The van der Waals surface area contributed by atoms with Gasteiger partial charge in [0.2, 0.25) is 0 Å². The third kappa shape index (κ3) is 0.990. The van der Waals surface area contributed by atoms with E-state index in [0.29, 0.717) is 0 Å². The highest BCUT2D eigenvalue weighted by atomic mass is 16.7. The molecule has 0 atom stereocenters. The van der Waals surface area contributed by atoms with Gasteiger partial charge in [-0.15, -0.1) is 0 Å². The molecule has 0 fully saturated rings. The number of hydrogen-bond donors (Lipinski definition) is 0. The molecule has 0 aliphatic carbocycles. The van der Waals surface area contributed by atoms with Crippen molar-refractivity contribution in [1.29, 1.82) is 0 Å². The molecule has 0 radical (unpaired) electrons. The van der Waals surface area contributed by atoms with Gasteiger partial charge in [0.25, 0.3) is 5.91 Å². The second-order valence-corrected chi connectivity index (χ2v) is 3.92. The minimum absolute atomic E-state index is 0.0128. The Morgan fingerprint density at radius 2 is 1.93 bits per heavy atom. The number of nitrogens with zero attached hydrogens (tertiary/aromatic N) is 1. The van der Waals surface area contributed by atoms with E-state index >= 15 is 0 Å². The van der Waals surface area contributed by atoms with Crippen LogP contribution in [0.5, 0.6) is 0 Å². The molecule has 0 saturated carbocycles. The van der Waals surface area contributed by atoms with Crippen LogP contribution in [0.1, 0.15) is 19.4 Å². The fraction of sp³-hybridized carbons (Fsp3) is 0.364. The number of para-hydroxylation sites is 1. The summed E-state index contributed by atoms with van der Waals surface area (Å²) in [6.07, 6.45) is 0. The van der Waals surface area contributed by atoms with Crippen molar-refractivity contribution in [3.05, 3.63) is 29.8 Å². The summed E-state index contributed by atoms with van der Waals surface area (Å²) in [6.45, 7) is 3.82. The van der Waals surface area contributed by atoms with Gasteiger partial charge in [-0.25, -0.2) is 0 Å². The summed E-state index contributed by atoms with van der Waals surface area (Å²) >= 11 is 0. The molecule has 0 bridgehead atoms. The topological polar surface area (TPSA) is 29.5 Å². The van der Waals surface area contributed by atoms with Crippen LogP contribution >= 0.6 is 0 Å². The van der Waals surface area contributed by atoms with Gasteiger partial charge in [0, 0.05) is 0 Å². The molecular formula is C11H13NO2. The van der Waals surface area contributed by atoms with Crippen molar-refractivity contribution < 1.29 is 9.63 Å². The first-order chi connectivity index (χ1) is 6.59. The van der Waals surface area contributed by atoms with E-state index in [9.17, 15) is 4.79 Å². The van der Waals surface area contributed by atoms with Gasteiger partial charge in [-0.05, 0) is 25.5 Å². The molecule has 1 aliphatic heterocycles. The molecule has 1 aliphatic rings. The largest absolute Gasteiger partial charge is 0.271 e. The molecule has 14 heavy (non-hydrogen) atoms. The van der Waals surface area contributed by atoms with Crippen LogP contribution in [0.3, 0.4) is 0 Å². The number of fused-ring (bicyclic) bond motifs is 1. The minimum Gasteiger partial charge on any atom is -0.271 e. The lowest BCUT2D eigenvalue weighted by molar-refractivity contribution is -0.128. The Morgan fingerprint density at radius 3 is 2.57 bits per heavy atom. The van der Waals surface area contributed by atoms with Crippen LogP contribution in [0.4, 0.5) is 5.69 Å². The Morgan fingerprint density at radius 1 is 1.29 bits per heavy atom. The summed E-state index contributed by atoms with van der Waals surface area (Å²) in [6, 6.07) is 7.70. The fourth-order valence-electron chi connectivity index (χ4n) is 1.84.